The monoisotopic (exact) mass is 536 g/mol. The first-order valence-electron chi connectivity index (χ1n) is 13.4. The van der Waals surface area contributed by atoms with Crippen LogP contribution in [-0.2, 0) is 27.5 Å². The molecule has 5 rings (SSSR count). The van der Waals surface area contributed by atoms with Crippen LogP contribution in [0.2, 0.25) is 5.02 Å². The maximum absolute atomic E-state index is 13.3. The summed E-state index contributed by atoms with van der Waals surface area (Å²) in [6.45, 7) is 1.38. The Morgan fingerprint density at radius 3 is 2.55 bits per heavy atom. The highest BCUT2D eigenvalue weighted by molar-refractivity contribution is 6.30. The number of nitrogens with one attached hydrogen (secondary N) is 3. The number of imide groups is 1. The molecule has 2 aromatic carbocycles. The Balaban J connectivity index is 1.22. The van der Waals surface area contributed by atoms with Crippen molar-refractivity contribution in [1.82, 2.24) is 20.9 Å². The summed E-state index contributed by atoms with van der Waals surface area (Å²) in [5.74, 6) is -0.341. The molecule has 9 heteroatoms. The Hall–Kier alpha value is -3.23. The highest BCUT2D eigenvalue weighted by Gasteiger charge is 2.39. The lowest BCUT2D eigenvalue weighted by atomic mass is 10.0. The number of hydrogen-bond acceptors (Lipinski definition) is 5. The zero-order valence-electron chi connectivity index (χ0n) is 21.3. The van der Waals surface area contributed by atoms with Crippen molar-refractivity contribution >= 4 is 35.2 Å². The van der Waals surface area contributed by atoms with Crippen LogP contribution >= 0.6 is 11.6 Å². The predicted octanol–water partition coefficient (Wildman–Crippen LogP) is 3.63. The molecular weight excluding hydrogens is 504 g/mol. The lowest BCUT2D eigenvalue weighted by Gasteiger charge is -2.29. The zero-order chi connectivity index (χ0) is 26.6. The Labute approximate surface area is 227 Å². The summed E-state index contributed by atoms with van der Waals surface area (Å²) in [6, 6.07) is 11.7. The van der Waals surface area contributed by atoms with Crippen molar-refractivity contribution in [1.29, 1.82) is 0 Å². The standard InChI is InChI=1S/C29H33ClN4O4/c30-22-8-6-20(7-9-22)26(31-14-13-18-3-1-2-4-18)28(37)32-16-19-5-10-23-21(15-19)17-34(29(23)38)24-11-12-25(35)33-27(24)36/h5-10,15,18,24,26,31H,1-4,11-14,16-17H2,(H,32,37)(H,33,35,36)/t24?,26-/m0/s1. The fraction of sp³-hybridized carbons (Fsp3) is 0.448. The molecule has 0 radical (unpaired) electrons. The molecule has 2 aliphatic heterocycles. The van der Waals surface area contributed by atoms with Crippen molar-refractivity contribution in [2.24, 2.45) is 5.92 Å². The predicted molar refractivity (Wildman–Crippen MR) is 143 cm³/mol. The van der Waals surface area contributed by atoms with E-state index in [-0.39, 0.29) is 24.1 Å². The van der Waals surface area contributed by atoms with Gasteiger partial charge < -0.3 is 15.5 Å². The molecule has 8 nitrogen and oxygen atoms in total. The van der Waals surface area contributed by atoms with E-state index in [1.807, 2.05) is 24.3 Å². The molecule has 0 bridgehead atoms. The van der Waals surface area contributed by atoms with Gasteiger partial charge in [0.05, 0.1) is 0 Å². The van der Waals surface area contributed by atoms with Gasteiger partial charge in [-0.1, -0.05) is 61.5 Å². The number of benzene rings is 2. The van der Waals surface area contributed by atoms with Crippen molar-refractivity contribution < 1.29 is 19.2 Å². The molecule has 3 N–H and O–H groups in total. The second-order valence-electron chi connectivity index (χ2n) is 10.5. The molecule has 2 heterocycles. The molecule has 0 aromatic heterocycles. The smallest absolute Gasteiger partial charge is 0.255 e. The number of hydrogen-bond donors (Lipinski definition) is 3. The number of halogens is 1. The van der Waals surface area contributed by atoms with Crippen molar-refractivity contribution in [2.45, 2.75) is 70.1 Å². The lowest BCUT2D eigenvalue weighted by Crippen LogP contribution is -2.52. The van der Waals surface area contributed by atoms with E-state index in [4.69, 9.17) is 11.6 Å². The summed E-state index contributed by atoms with van der Waals surface area (Å²) in [7, 11) is 0. The number of nitrogens with zero attached hydrogens (tertiary/aromatic N) is 1. The minimum atomic E-state index is -0.647. The molecule has 1 aliphatic carbocycles. The Morgan fingerprint density at radius 2 is 1.82 bits per heavy atom. The summed E-state index contributed by atoms with van der Waals surface area (Å²) in [5.41, 5.74) is 3.10. The lowest BCUT2D eigenvalue weighted by molar-refractivity contribution is -0.137. The summed E-state index contributed by atoms with van der Waals surface area (Å²) in [5, 5.41) is 9.44. The minimum absolute atomic E-state index is 0.125. The van der Waals surface area contributed by atoms with E-state index in [0.29, 0.717) is 30.1 Å². The number of carbonyl (C=O) groups is 4. The third kappa shape index (κ3) is 5.92. The fourth-order valence-electron chi connectivity index (χ4n) is 5.78. The number of piperidine rings is 1. The van der Waals surface area contributed by atoms with Gasteiger partial charge in [-0.15, -0.1) is 0 Å². The van der Waals surface area contributed by atoms with Gasteiger partial charge in [0.2, 0.25) is 17.7 Å². The summed E-state index contributed by atoms with van der Waals surface area (Å²) in [6.07, 6.45) is 6.72. The zero-order valence-corrected chi connectivity index (χ0v) is 22.1. The Bertz CT molecular complexity index is 1230. The van der Waals surface area contributed by atoms with Crippen molar-refractivity contribution in [3.05, 3.63) is 69.7 Å². The first-order valence-corrected chi connectivity index (χ1v) is 13.8. The third-order valence-corrected chi connectivity index (χ3v) is 8.15. The number of fused-ring (bicyclic) bond motifs is 1. The fourth-order valence-corrected chi connectivity index (χ4v) is 5.90. The van der Waals surface area contributed by atoms with Crippen LogP contribution in [0.3, 0.4) is 0 Å². The first kappa shape index (κ1) is 26.4. The van der Waals surface area contributed by atoms with Crippen LogP contribution in [-0.4, -0.2) is 41.1 Å². The van der Waals surface area contributed by atoms with Gasteiger partial charge in [0.15, 0.2) is 0 Å². The molecular formula is C29H33ClN4O4. The van der Waals surface area contributed by atoms with Crippen LogP contribution in [0.25, 0.3) is 0 Å². The van der Waals surface area contributed by atoms with E-state index in [1.165, 1.54) is 30.6 Å². The Kier molecular flexibility index (Phi) is 8.09. The van der Waals surface area contributed by atoms with E-state index in [0.717, 1.165) is 35.6 Å². The molecule has 38 heavy (non-hydrogen) atoms. The van der Waals surface area contributed by atoms with Crippen LogP contribution in [0.1, 0.15) is 78.0 Å². The number of amides is 4. The topological polar surface area (TPSA) is 108 Å². The highest BCUT2D eigenvalue weighted by Crippen LogP contribution is 2.29. The summed E-state index contributed by atoms with van der Waals surface area (Å²) < 4.78 is 0. The number of rotatable bonds is 9. The second-order valence-corrected chi connectivity index (χ2v) is 10.9. The normalized spacial score (nSPS) is 20.4. The molecule has 2 fully saturated rings. The van der Waals surface area contributed by atoms with Gasteiger partial charge >= 0.3 is 0 Å². The molecule has 0 spiro atoms. The second kappa shape index (κ2) is 11.7. The van der Waals surface area contributed by atoms with E-state index < -0.39 is 18.0 Å². The van der Waals surface area contributed by atoms with Crippen molar-refractivity contribution in [2.75, 3.05) is 6.54 Å². The van der Waals surface area contributed by atoms with Gasteiger partial charge in [-0.25, -0.2) is 0 Å². The molecule has 1 saturated heterocycles. The third-order valence-electron chi connectivity index (χ3n) is 7.90. The largest absolute Gasteiger partial charge is 0.350 e. The van der Waals surface area contributed by atoms with Gasteiger partial charge in [-0.2, -0.15) is 0 Å². The van der Waals surface area contributed by atoms with Gasteiger partial charge in [-0.3, -0.25) is 24.5 Å². The molecule has 2 aromatic rings. The molecule has 4 amide bonds. The van der Waals surface area contributed by atoms with Crippen LogP contribution in [0.4, 0.5) is 0 Å². The van der Waals surface area contributed by atoms with Crippen molar-refractivity contribution in [3.8, 4) is 0 Å². The average Bonchev–Trinajstić information content (AvgIpc) is 3.54. The maximum atomic E-state index is 13.3. The van der Waals surface area contributed by atoms with Gasteiger partial charge in [0, 0.05) is 30.1 Å². The quantitative estimate of drug-likeness (QED) is 0.424. The van der Waals surface area contributed by atoms with E-state index >= 15 is 0 Å². The molecule has 2 atom stereocenters. The van der Waals surface area contributed by atoms with Crippen LogP contribution in [0.15, 0.2) is 42.5 Å². The SMILES string of the molecule is O=C1CCC(N2Cc3cc(CNC(=O)[C@@H](NCCC4CCCC4)c4ccc(Cl)cc4)ccc3C2=O)C(=O)N1. The van der Waals surface area contributed by atoms with E-state index in [1.54, 1.807) is 18.2 Å². The average molecular weight is 537 g/mol. The molecule has 3 aliphatic rings. The van der Waals surface area contributed by atoms with E-state index in [2.05, 4.69) is 16.0 Å². The molecule has 1 unspecified atom stereocenters. The summed E-state index contributed by atoms with van der Waals surface area (Å²) in [4.78, 5) is 51.6. The molecule has 1 saturated carbocycles. The van der Waals surface area contributed by atoms with Gasteiger partial charge in [0.25, 0.3) is 5.91 Å². The molecule has 200 valence electrons. The van der Waals surface area contributed by atoms with Crippen LogP contribution < -0.4 is 16.0 Å². The Morgan fingerprint density at radius 1 is 1.05 bits per heavy atom. The van der Waals surface area contributed by atoms with Gasteiger partial charge in [-0.05, 0) is 60.2 Å². The van der Waals surface area contributed by atoms with Crippen LogP contribution in [0, 0.1) is 5.92 Å². The first-order chi connectivity index (χ1) is 18.4. The maximum Gasteiger partial charge on any atom is 0.255 e. The summed E-state index contributed by atoms with van der Waals surface area (Å²) >= 11 is 6.07. The van der Waals surface area contributed by atoms with Crippen LogP contribution in [0.5, 0.6) is 0 Å². The van der Waals surface area contributed by atoms with Gasteiger partial charge in [0.1, 0.15) is 12.1 Å². The van der Waals surface area contributed by atoms with E-state index in [9.17, 15) is 19.2 Å². The highest BCUT2D eigenvalue weighted by atomic mass is 35.5. The van der Waals surface area contributed by atoms with Crippen molar-refractivity contribution in [3.63, 3.8) is 0 Å². The minimum Gasteiger partial charge on any atom is -0.350 e. The number of carbonyl (C=O) groups excluding carboxylic acids is 4.